The number of benzene rings is 1. The first-order valence-electron chi connectivity index (χ1n) is 7.96. The Morgan fingerprint density at radius 2 is 1.65 bits per heavy atom. The summed E-state index contributed by atoms with van der Waals surface area (Å²) in [5.41, 5.74) is 6.35. The van der Waals surface area contributed by atoms with Crippen LogP contribution in [0.4, 0.5) is 0 Å². The van der Waals surface area contributed by atoms with Gasteiger partial charge in [0.05, 0.1) is 0 Å². The van der Waals surface area contributed by atoms with Gasteiger partial charge in [-0.05, 0) is 73.6 Å². The van der Waals surface area contributed by atoms with Crippen LogP contribution in [0.1, 0.15) is 63.3 Å². The molecule has 0 aliphatic carbocycles. The number of hydrogen-bond donors (Lipinski definition) is 0. The highest BCUT2D eigenvalue weighted by Gasteiger charge is 2.21. The molecule has 0 aliphatic rings. The molecule has 1 unspecified atom stereocenters. The van der Waals surface area contributed by atoms with E-state index in [0.717, 1.165) is 12.8 Å². The smallest absolute Gasteiger partial charge is 0.0243 e. The van der Waals surface area contributed by atoms with E-state index in [9.17, 15) is 0 Å². The van der Waals surface area contributed by atoms with E-state index < -0.39 is 0 Å². The number of hydrogen-bond acceptors (Lipinski definition) is 0. The van der Waals surface area contributed by atoms with E-state index in [1.165, 1.54) is 23.1 Å². The molecule has 0 saturated heterocycles. The highest BCUT2D eigenvalue weighted by atomic mass is 14.3. The molecule has 20 heavy (non-hydrogen) atoms. The second-order valence-corrected chi connectivity index (χ2v) is 7.29. The topological polar surface area (TPSA) is 0 Å². The monoisotopic (exact) mass is 272 g/mol. The van der Waals surface area contributed by atoms with E-state index in [4.69, 9.17) is 0 Å². The Morgan fingerprint density at radius 3 is 2.10 bits per heavy atom. The molecule has 1 atom stereocenters. The molecule has 0 N–H and O–H groups in total. The summed E-state index contributed by atoms with van der Waals surface area (Å²) in [4.78, 5) is 0. The molecule has 112 valence electrons. The predicted octanol–water partition coefficient (Wildman–Crippen LogP) is 6.04. The molecule has 0 nitrogen and oxygen atoms in total. The van der Waals surface area contributed by atoms with Gasteiger partial charge in [0.15, 0.2) is 0 Å². The minimum absolute atomic E-state index is 0.378. The summed E-state index contributed by atoms with van der Waals surface area (Å²) in [6.45, 7) is 16.0. The maximum absolute atomic E-state index is 2.39. The molecule has 0 heterocycles. The van der Waals surface area contributed by atoms with E-state index in [1.54, 1.807) is 5.56 Å². The average molecular weight is 272 g/mol. The van der Waals surface area contributed by atoms with Crippen LogP contribution in [0.2, 0.25) is 0 Å². The summed E-state index contributed by atoms with van der Waals surface area (Å²) in [5, 5.41) is 0. The first-order chi connectivity index (χ1) is 9.25. The van der Waals surface area contributed by atoms with Crippen molar-refractivity contribution in [3.8, 4) is 0 Å². The predicted molar refractivity (Wildman–Crippen MR) is 91.4 cm³/mol. The molecule has 0 heteroatoms. The van der Waals surface area contributed by atoms with Crippen molar-refractivity contribution in [3.63, 3.8) is 0 Å². The molecule has 0 bridgehead atoms. The zero-order valence-electron chi connectivity index (χ0n) is 14.5. The molecule has 0 spiro atoms. The third-order valence-corrected chi connectivity index (χ3v) is 4.58. The Kier molecular flexibility index (Phi) is 6.05. The molecule has 0 aliphatic heterocycles. The van der Waals surface area contributed by atoms with Gasteiger partial charge in [-0.1, -0.05) is 52.0 Å². The maximum Gasteiger partial charge on any atom is -0.0243 e. The quantitative estimate of drug-likeness (QED) is 0.573. The lowest BCUT2D eigenvalue weighted by molar-refractivity contribution is 0.259. The third kappa shape index (κ3) is 4.81. The van der Waals surface area contributed by atoms with Crippen molar-refractivity contribution in [1.82, 2.24) is 0 Å². The van der Waals surface area contributed by atoms with Crippen molar-refractivity contribution < 1.29 is 0 Å². The van der Waals surface area contributed by atoms with Crippen molar-refractivity contribution in [2.75, 3.05) is 0 Å². The lowest BCUT2D eigenvalue weighted by atomic mass is 9.77. The summed E-state index contributed by atoms with van der Waals surface area (Å²) >= 11 is 0. The number of aryl methyl sites for hydroxylation is 3. The van der Waals surface area contributed by atoms with Crippen LogP contribution in [0.3, 0.4) is 0 Å². The van der Waals surface area contributed by atoms with Gasteiger partial charge in [-0.2, -0.15) is 0 Å². The normalized spacial score (nSPS) is 13.9. The SMILES string of the molecule is C/C=C/CCc1cc(C)c(CC(C)C(C)(C)C)c(C)c1. The fourth-order valence-corrected chi connectivity index (χ4v) is 2.58. The molecule has 0 radical (unpaired) electrons. The van der Waals surface area contributed by atoms with Crippen LogP contribution in [0.25, 0.3) is 0 Å². The Labute approximate surface area is 126 Å². The van der Waals surface area contributed by atoms with Crippen LogP contribution < -0.4 is 0 Å². The average Bonchev–Trinajstić information content (AvgIpc) is 2.32. The zero-order valence-corrected chi connectivity index (χ0v) is 14.5. The van der Waals surface area contributed by atoms with Gasteiger partial charge in [0.25, 0.3) is 0 Å². The van der Waals surface area contributed by atoms with Crippen molar-refractivity contribution >= 4 is 0 Å². The van der Waals surface area contributed by atoms with E-state index in [0.29, 0.717) is 11.3 Å². The van der Waals surface area contributed by atoms with E-state index in [1.807, 2.05) is 0 Å². The van der Waals surface area contributed by atoms with Gasteiger partial charge in [0.1, 0.15) is 0 Å². The van der Waals surface area contributed by atoms with Crippen LogP contribution >= 0.6 is 0 Å². The van der Waals surface area contributed by atoms with Crippen molar-refractivity contribution in [2.24, 2.45) is 11.3 Å². The molecular weight excluding hydrogens is 240 g/mol. The number of allylic oxidation sites excluding steroid dienone is 2. The molecule has 0 fully saturated rings. The second kappa shape index (κ2) is 7.11. The minimum Gasteiger partial charge on any atom is -0.0917 e. The highest BCUT2D eigenvalue weighted by molar-refractivity contribution is 5.38. The molecule has 1 aromatic rings. The Morgan fingerprint density at radius 1 is 1.10 bits per heavy atom. The highest BCUT2D eigenvalue weighted by Crippen LogP contribution is 2.31. The van der Waals surface area contributed by atoms with E-state index in [2.05, 4.69) is 72.8 Å². The van der Waals surface area contributed by atoms with E-state index in [-0.39, 0.29) is 0 Å². The summed E-state index contributed by atoms with van der Waals surface area (Å²) in [6, 6.07) is 4.78. The van der Waals surface area contributed by atoms with Gasteiger partial charge in [-0.15, -0.1) is 0 Å². The molecule has 0 saturated carbocycles. The molecule has 1 aromatic carbocycles. The lowest BCUT2D eigenvalue weighted by Crippen LogP contribution is -2.20. The van der Waals surface area contributed by atoms with Gasteiger partial charge >= 0.3 is 0 Å². The first kappa shape index (κ1) is 17.0. The van der Waals surface area contributed by atoms with Crippen molar-refractivity contribution in [1.29, 1.82) is 0 Å². The fourth-order valence-electron chi connectivity index (χ4n) is 2.58. The molecule has 0 aromatic heterocycles. The minimum atomic E-state index is 0.378. The largest absolute Gasteiger partial charge is 0.0917 e. The van der Waals surface area contributed by atoms with E-state index >= 15 is 0 Å². The Balaban J connectivity index is 2.89. The number of rotatable bonds is 5. The standard InChI is InChI=1S/C20H32/c1-8-9-10-11-18-12-15(2)19(16(3)13-18)14-17(4)20(5,6)7/h8-9,12-13,17H,10-11,14H2,1-7H3/b9-8+. The van der Waals surface area contributed by atoms with Gasteiger partial charge in [0.2, 0.25) is 0 Å². The Hall–Kier alpha value is -1.04. The summed E-state index contributed by atoms with van der Waals surface area (Å²) in [6.07, 6.45) is 7.88. The van der Waals surface area contributed by atoms with Crippen molar-refractivity contribution in [2.45, 2.75) is 67.7 Å². The second-order valence-electron chi connectivity index (χ2n) is 7.29. The van der Waals surface area contributed by atoms with Crippen LogP contribution in [-0.4, -0.2) is 0 Å². The molecular formula is C20H32. The first-order valence-corrected chi connectivity index (χ1v) is 7.96. The fraction of sp³-hybridized carbons (Fsp3) is 0.600. The lowest BCUT2D eigenvalue weighted by Gasteiger charge is -2.28. The maximum atomic E-state index is 2.39. The summed E-state index contributed by atoms with van der Waals surface area (Å²) in [5.74, 6) is 0.703. The van der Waals surface area contributed by atoms with Crippen molar-refractivity contribution in [3.05, 3.63) is 46.5 Å². The molecule has 0 amide bonds. The molecule has 1 rings (SSSR count). The van der Waals surface area contributed by atoms with Crippen LogP contribution in [-0.2, 0) is 12.8 Å². The summed E-state index contributed by atoms with van der Waals surface area (Å²) in [7, 11) is 0. The van der Waals surface area contributed by atoms with Crippen LogP contribution in [0.15, 0.2) is 24.3 Å². The van der Waals surface area contributed by atoms with Gasteiger partial charge < -0.3 is 0 Å². The van der Waals surface area contributed by atoms with Crippen LogP contribution in [0, 0.1) is 25.2 Å². The summed E-state index contributed by atoms with van der Waals surface area (Å²) < 4.78 is 0. The van der Waals surface area contributed by atoms with Gasteiger partial charge in [0, 0.05) is 0 Å². The van der Waals surface area contributed by atoms with Crippen LogP contribution in [0.5, 0.6) is 0 Å². The zero-order chi connectivity index (χ0) is 15.3. The Bertz CT molecular complexity index is 434. The third-order valence-electron chi connectivity index (χ3n) is 4.58. The van der Waals surface area contributed by atoms with Gasteiger partial charge in [-0.3, -0.25) is 0 Å². The van der Waals surface area contributed by atoms with Gasteiger partial charge in [-0.25, -0.2) is 0 Å².